The molecule has 1 unspecified atom stereocenters. The maximum atomic E-state index is 12.7. The van der Waals surface area contributed by atoms with Gasteiger partial charge in [0.05, 0.1) is 17.1 Å². The molecule has 5 nitrogen and oxygen atoms in total. The molecule has 0 aliphatic rings. The Morgan fingerprint density at radius 1 is 1.03 bits per heavy atom. The summed E-state index contributed by atoms with van der Waals surface area (Å²) in [7, 11) is 1.81. The van der Waals surface area contributed by atoms with Crippen molar-refractivity contribution in [1.29, 1.82) is 5.26 Å². The summed E-state index contributed by atoms with van der Waals surface area (Å²) in [6.07, 6.45) is 0. The largest absolute Gasteiger partial charge is 0.486 e. The molecule has 0 saturated heterocycles. The lowest BCUT2D eigenvalue weighted by Gasteiger charge is -2.11. The van der Waals surface area contributed by atoms with E-state index in [1.54, 1.807) is 4.57 Å². The Morgan fingerprint density at radius 3 is 2.30 bits per heavy atom. The van der Waals surface area contributed by atoms with Crippen molar-refractivity contribution in [2.75, 3.05) is 6.61 Å². The normalized spacial score (nSPS) is 11.8. The zero-order valence-electron chi connectivity index (χ0n) is 16.9. The van der Waals surface area contributed by atoms with Crippen LogP contribution in [0.4, 0.5) is 0 Å². The highest BCUT2D eigenvalue weighted by atomic mass is 16.5. The first-order valence-electron chi connectivity index (χ1n) is 9.70. The molecule has 5 heteroatoms. The molecule has 30 heavy (non-hydrogen) atoms. The topological polar surface area (TPSA) is 67.9 Å². The number of carbonyl (C=O) groups excluding carboxylic acids is 1. The van der Waals surface area contributed by atoms with Crippen molar-refractivity contribution in [2.45, 2.75) is 12.8 Å². The zero-order chi connectivity index (χ0) is 21.1. The molecule has 0 amide bonds. The van der Waals surface area contributed by atoms with Crippen molar-refractivity contribution in [2.24, 2.45) is 7.05 Å². The van der Waals surface area contributed by atoms with Gasteiger partial charge in [-0.2, -0.15) is 5.26 Å². The van der Waals surface area contributed by atoms with Gasteiger partial charge in [-0.15, -0.1) is 0 Å². The summed E-state index contributed by atoms with van der Waals surface area (Å²) in [5.41, 5.74) is 5.05. The van der Waals surface area contributed by atoms with E-state index in [9.17, 15) is 10.1 Å². The fourth-order valence-electron chi connectivity index (χ4n) is 3.42. The standard InChI is InChI=1S/C25H21N3O2/c1-17-7-9-18(10-8-17)19-11-13-20(14-12-19)30-16-24(29)21(15-26)25-27-22-5-3-4-6-23(22)28(25)2/h3-14,21H,16H2,1-2H3. The van der Waals surface area contributed by atoms with E-state index in [2.05, 4.69) is 42.2 Å². The third-order valence-electron chi connectivity index (χ3n) is 5.15. The number of para-hydroxylation sites is 2. The van der Waals surface area contributed by atoms with Crippen LogP contribution in [0.15, 0.2) is 72.8 Å². The predicted octanol–water partition coefficient (Wildman–Crippen LogP) is 4.80. The van der Waals surface area contributed by atoms with Crippen LogP contribution in [0.1, 0.15) is 17.3 Å². The van der Waals surface area contributed by atoms with E-state index in [-0.39, 0.29) is 12.4 Å². The second kappa shape index (κ2) is 8.22. The van der Waals surface area contributed by atoms with E-state index in [0.29, 0.717) is 11.6 Å². The van der Waals surface area contributed by atoms with E-state index in [0.717, 1.165) is 22.2 Å². The van der Waals surface area contributed by atoms with Gasteiger partial charge in [0.1, 0.15) is 18.2 Å². The van der Waals surface area contributed by atoms with Crippen molar-refractivity contribution >= 4 is 16.8 Å². The summed E-state index contributed by atoms with van der Waals surface area (Å²) in [6.45, 7) is 1.87. The van der Waals surface area contributed by atoms with E-state index >= 15 is 0 Å². The summed E-state index contributed by atoms with van der Waals surface area (Å²) in [5.74, 6) is -0.282. The Balaban J connectivity index is 1.46. The van der Waals surface area contributed by atoms with Crippen LogP contribution in [-0.4, -0.2) is 21.9 Å². The predicted molar refractivity (Wildman–Crippen MR) is 116 cm³/mol. The van der Waals surface area contributed by atoms with Gasteiger partial charge in [0.15, 0.2) is 11.7 Å². The molecule has 4 aromatic rings. The number of rotatable bonds is 6. The molecule has 0 bridgehead atoms. The third kappa shape index (κ3) is 3.81. The van der Waals surface area contributed by atoms with Crippen LogP contribution in [0.25, 0.3) is 22.2 Å². The van der Waals surface area contributed by atoms with E-state index in [1.807, 2.05) is 55.6 Å². The molecule has 0 aliphatic heterocycles. The lowest BCUT2D eigenvalue weighted by Crippen LogP contribution is -2.21. The number of imidazole rings is 1. The Labute approximate surface area is 175 Å². The molecule has 0 fully saturated rings. The number of Topliss-reactive ketones (excluding diaryl/α,β-unsaturated/α-hetero) is 1. The Morgan fingerprint density at radius 2 is 1.67 bits per heavy atom. The van der Waals surface area contributed by atoms with Crippen molar-refractivity contribution < 1.29 is 9.53 Å². The first-order chi connectivity index (χ1) is 14.6. The highest BCUT2D eigenvalue weighted by molar-refractivity contribution is 5.90. The lowest BCUT2D eigenvalue weighted by atomic mass is 10.0. The molecule has 0 N–H and O–H groups in total. The van der Waals surface area contributed by atoms with Crippen LogP contribution in [0.3, 0.4) is 0 Å². The molecule has 148 valence electrons. The minimum atomic E-state index is -0.978. The van der Waals surface area contributed by atoms with Gasteiger partial charge >= 0.3 is 0 Å². The van der Waals surface area contributed by atoms with E-state index < -0.39 is 5.92 Å². The molecule has 3 aromatic carbocycles. The third-order valence-corrected chi connectivity index (χ3v) is 5.15. The monoisotopic (exact) mass is 395 g/mol. The van der Waals surface area contributed by atoms with Gasteiger partial charge < -0.3 is 9.30 Å². The second-order valence-electron chi connectivity index (χ2n) is 7.23. The molecular weight excluding hydrogens is 374 g/mol. The highest BCUT2D eigenvalue weighted by Gasteiger charge is 2.26. The minimum absolute atomic E-state index is 0.189. The Bertz CT molecular complexity index is 1230. The second-order valence-corrected chi connectivity index (χ2v) is 7.23. The number of benzene rings is 3. The molecule has 0 saturated carbocycles. The molecule has 4 rings (SSSR count). The Hall–Kier alpha value is -3.91. The number of aryl methyl sites for hydroxylation is 2. The van der Waals surface area contributed by atoms with Gasteiger partial charge in [0, 0.05) is 7.05 Å². The molecule has 1 aromatic heterocycles. The number of nitrogens with zero attached hydrogens (tertiary/aromatic N) is 3. The molecular formula is C25H21N3O2. The van der Waals surface area contributed by atoms with Gasteiger partial charge in [-0.3, -0.25) is 4.79 Å². The van der Waals surface area contributed by atoms with Crippen LogP contribution in [0.2, 0.25) is 0 Å². The van der Waals surface area contributed by atoms with Gasteiger partial charge in [0.2, 0.25) is 0 Å². The zero-order valence-corrected chi connectivity index (χ0v) is 16.9. The van der Waals surface area contributed by atoms with E-state index in [1.165, 1.54) is 5.56 Å². The number of nitriles is 1. The average molecular weight is 395 g/mol. The molecule has 0 spiro atoms. The van der Waals surface area contributed by atoms with Gasteiger partial charge in [-0.05, 0) is 42.3 Å². The number of carbonyl (C=O) groups is 1. The minimum Gasteiger partial charge on any atom is -0.486 e. The van der Waals surface area contributed by atoms with Gasteiger partial charge in [0.25, 0.3) is 0 Å². The number of ether oxygens (including phenoxy) is 1. The van der Waals surface area contributed by atoms with E-state index in [4.69, 9.17) is 4.74 Å². The van der Waals surface area contributed by atoms with Crippen molar-refractivity contribution in [1.82, 2.24) is 9.55 Å². The fourth-order valence-corrected chi connectivity index (χ4v) is 3.42. The highest BCUT2D eigenvalue weighted by Crippen LogP contribution is 2.24. The lowest BCUT2D eigenvalue weighted by molar-refractivity contribution is -0.121. The van der Waals surface area contributed by atoms with Gasteiger partial charge in [-0.25, -0.2) is 4.98 Å². The fraction of sp³-hybridized carbons (Fsp3) is 0.160. The molecule has 0 radical (unpaired) electrons. The van der Waals surface area contributed by atoms with Crippen molar-refractivity contribution in [3.8, 4) is 22.9 Å². The smallest absolute Gasteiger partial charge is 0.194 e. The first-order valence-corrected chi connectivity index (χ1v) is 9.70. The van der Waals surface area contributed by atoms with Crippen LogP contribution in [0, 0.1) is 18.3 Å². The number of hydrogen-bond acceptors (Lipinski definition) is 4. The number of aromatic nitrogens is 2. The SMILES string of the molecule is Cc1ccc(-c2ccc(OCC(=O)C(C#N)c3nc4ccccc4n3C)cc2)cc1. The Kier molecular flexibility index (Phi) is 5.32. The number of hydrogen-bond donors (Lipinski definition) is 0. The summed E-state index contributed by atoms with van der Waals surface area (Å²) < 4.78 is 7.45. The van der Waals surface area contributed by atoms with Gasteiger partial charge in [-0.1, -0.05) is 54.1 Å². The summed E-state index contributed by atoms with van der Waals surface area (Å²) in [5, 5.41) is 9.60. The number of ketones is 1. The van der Waals surface area contributed by atoms with Crippen molar-refractivity contribution in [3.63, 3.8) is 0 Å². The summed E-state index contributed by atoms with van der Waals surface area (Å²) in [6, 6.07) is 25.5. The quantitative estimate of drug-likeness (QED) is 0.470. The average Bonchev–Trinajstić information content (AvgIpc) is 3.10. The molecule has 0 aliphatic carbocycles. The van der Waals surface area contributed by atoms with Crippen LogP contribution >= 0.6 is 0 Å². The maximum absolute atomic E-state index is 12.7. The molecule has 1 heterocycles. The summed E-state index contributed by atoms with van der Waals surface area (Å²) in [4.78, 5) is 17.2. The van der Waals surface area contributed by atoms with Crippen LogP contribution in [-0.2, 0) is 11.8 Å². The first kappa shape index (κ1) is 19.4. The maximum Gasteiger partial charge on any atom is 0.194 e. The van der Waals surface area contributed by atoms with Crippen molar-refractivity contribution in [3.05, 3.63) is 84.2 Å². The number of fused-ring (bicyclic) bond motifs is 1. The molecule has 1 atom stereocenters. The van der Waals surface area contributed by atoms with Crippen LogP contribution in [0.5, 0.6) is 5.75 Å². The van der Waals surface area contributed by atoms with Crippen LogP contribution < -0.4 is 4.74 Å². The summed E-state index contributed by atoms with van der Waals surface area (Å²) >= 11 is 0.